The second kappa shape index (κ2) is 7.71. The lowest BCUT2D eigenvalue weighted by atomic mass is 10.2. The molecule has 0 aliphatic rings. The van der Waals surface area contributed by atoms with Crippen LogP contribution in [-0.2, 0) is 6.54 Å². The predicted molar refractivity (Wildman–Crippen MR) is 70.8 cm³/mol. The minimum absolute atomic E-state index is 0.178. The van der Waals surface area contributed by atoms with Crippen LogP contribution in [0.2, 0.25) is 0 Å². The number of rotatable bonds is 7. The largest absolute Gasteiger partial charge is 0.393 e. The lowest BCUT2D eigenvalue weighted by Crippen LogP contribution is -2.16. The van der Waals surface area contributed by atoms with Crippen LogP contribution in [0.15, 0.2) is 29.2 Å². The van der Waals surface area contributed by atoms with Gasteiger partial charge in [0.15, 0.2) is 0 Å². The highest BCUT2D eigenvalue weighted by Crippen LogP contribution is 2.14. The standard InChI is InChI=1S/C13H21NOS/c1-11(15)4-3-9-14-10-12-5-7-13(16-2)8-6-12/h5-8,11,14-15H,3-4,9-10H2,1-2H3. The van der Waals surface area contributed by atoms with Crippen molar-refractivity contribution in [2.45, 2.75) is 37.3 Å². The van der Waals surface area contributed by atoms with Crippen molar-refractivity contribution in [1.82, 2.24) is 5.32 Å². The molecular formula is C13H21NOS. The van der Waals surface area contributed by atoms with E-state index in [1.807, 2.05) is 6.92 Å². The highest BCUT2D eigenvalue weighted by molar-refractivity contribution is 7.98. The molecule has 0 saturated heterocycles. The molecule has 0 aliphatic carbocycles. The Kier molecular flexibility index (Phi) is 6.53. The van der Waals surface area contributed by atoms with E-state index in [1.54, 1.807) is 11.8 Å². The molecule has 0 radical (unpaired) electrons. The van der Waals surface area contributed by atoms with Gasteiger partial charge >= 0.3 is 0 Å². The maximum Gasteiger partial charge on any atom is 0.0512 e. The van der Waals surface area contributed by atoms with Crippen molar-refractivity contribution in [2.24, 2.45) is 0 Å². The molecule has 0 aliphatic heterocycles. The number of hydrogen-bond acceptors (Lipinski definition) is 3. The fraction of sp³-hybridized carbons (Fsp3) is 0.538. The molecule has 0 heterocycles. The van der Waals surface area contributed by atoms with Gasteiger partial charge in [-0.15, -0.1) is 11.8 Å². The van der Waals surface area contributed by atoms with Gasteiger partial charge in [-0.05, 0) is 50.3 Å². The van der Waals surface area contributed by atoms with E-state index >= 15 is 0 Å². The molecule has 1 rings (SSSR count). The Morgan fingerprint density at radius 1 is 1.31 bits per heavy atom. The zero-order chi connectivity index (χ0) is 11.8. The maximum atomic E-state index is 9.10. The van der Waals surface area contributed by atoms with E-state index in [0.717, 1.165) is 25.9 Å². The molecule has 0 bridgehead atoms. The third-order valence-electron chi connectivity index (χ3n) is 2.46. The van der Waals surface area contributed by atoms with Gasteiger partial charge in [0.1, 0.15) is 0 Å². The molecule has 1 atom stereocenters. The Bertz CT molecular complexity index is 284. The fourth-order valence-electron chi connectivity index (χ4n) is 1.50. The summed E-state index contributed by atoms with van der Waals surface area (Å²) in [7, 11) is 0. The molecule has 2 nitrogen and oxygen atoms in total. The van der Waals surface area contributed by atoms with Crippen molar-refractivity contribution in [1.29, 1.82) is 0 Å². The quantitative estimate of drug-likeness (QED) is 0.567. The van der Waals surface area contributed by atoms with Gasteiger partial charge < -0.3 is 10.4 Å². The normalized spacial score (nSPS) is 12.7. The molecule has 0 aromatic heterocycles. The first-order valence-electron chi connectivity index (χ1n) is 5.74. The molecule has 0 spiro atoms. The van der Waals surface area contributed by atoms with Crippen LogP contribution in [-0.4, -0.2) is 24.0 Å². The van der Waals surface area contributed by atoms with Crippen molar-refractivity contribution < 1.29 is 5.11 Å². The number of thioether (sulfide) groups is 1. The summed E-state index contributed by atoms with van der Waals surface area (Å²) in [6, 6.07) is 8.62. The second-order valence-corrected chi connectivity index (χ2v) is 4.90. The average Bonchev–Trinajstić information content (AvgIpc) is 2.29. The first kappa shape index (κ1) is 13.6. The van der Waals surface area contributed by atoms with Gasteiger partial charge in [0.25, 0.3) is 0 Å². The molecule has 2 N–H and O–H groups in total. The first-order valence-corrected chi connectivity index (χ1v) is 6.96. The molecule has 90 valence electrons. The van der Waals surface area contributed by atoms with Crippen molar-refractivity contribution in [2.75, 3.05) is 12.8 Å². The summed E-state index contributed by atoms with van der Waals surface area (Å²) in [4.78, 5) is 1.30. The summed E-state index contributed by atoms with van der Waals surface area (Å²) in [6.45, 7) is 3.71. The van der Waals surface area contributed by atoms with Crippen molar-refractivity contribution in [3.8, 4) is 0 Å². The van der Waals surface area contributed by atoms with Gasteiger partial charge in [-0.3, -0.25) is 0 Å². The summed E-state index contributed by atoms with van der Waals surface area (Å²) in [5.41, 5.74) is 1.31. The molecule has 1 unspecified atom stereocenters. The Labute approximate surface area is 102 Å². The second-order valence-electron chi connectivity index (χ2n) is 4.02. The van der Waals surface area contributed by atoms with E-state index in [-0.39, 0.29) is 6.10 Å². The average molecular weight is 239 g/mol. The van der Waals surface area contributed by atoms with E-state index in [0.29, 0.717) is 0 Å². The molecule has 16 heavy (non-hydrogen) atoms. The van der Waals surface area contributed by atoms with Crippen molar-refractivity contribution in [3.63, 3.8) is 0 Å². The predicted octanol–water partition coefficient (Wildman–Crippen LogP) is 2.66. The Hall–Kier alpha value is -0.510. The third kappa shape index (κ3) is 5.54. The number of aliphatic hydroxyl groups is 1. The summed E-state index contributed by atoms with van der Waals surface area (Å²) in [5, 5.41) is 12.5. The Morgan fingerprint density at radius 2 is 2.00 bits per heavy atom. The molecule has 1 aromatic rings. The number of aliphatic hydroxyl groups excluding tert-OH is 1. The van der Waals surface area contributed by atoms with E-state index in [2.05, 4.69) is 35.8 Å². The molecule has 0 fully saturated rings. The lowest BCUT2D eigenvalue weighted by molar-refractivity contribution is 0.181. The highest BCUT2D eigenvalue weighted by atomic mass is 32.2. The summed E-state index contributed by atoms with van der Waals surface area (Å²) >= 11 is 1.76. The maximum absolute atomic E-state index is 9.10. The zero-order valence-corrected chi connectivity index (χ0v) is 10.9. The van der Waals surface area contributed by atoms with Crippen LogP contribution in [0.4, 0.5) is 0 Å². The van der Waals surface area contributed by atoms with Crippen LogP contribution in [0.1, 0.15) is 25.3 Å². The minimum Gasteiger partial charge on any atom is -0.393 e. The van der Waals surface area contributed by atoms with Crippen molar-refractivity contribution >= 4 is 11.8 Å². The molecular weight excluding hydrogens is 218 g/mol. The number of benzene rings is 1. The number of nitrogens with one attached hydrogen (secondary N) is 1. The lowest BCUT2D eigenvalue weighted by Gasteiger charge is -2.06. The molecule has 0 amide bonds. The molecule has 3 heteroatoms. The smallest absolute Gasteiger partial charge is 0.0512 e. The van der Waals surface area contributed by atoms with E-state index in [9.17, 15) is 0 Å². The van der Waals surface area contributed by atoms with Crippen LogP contribution >= 0.6 is 11.8 Å². The summed E-state index contributed by atoms with van der Waals surface area (Å²) < 4.78 is 0. The zero-order valence-electron chi connectivity index (χ0n) is 10.1. The van der Waals surface area contributed by atoms with Crippen LogP contribution in [0.3, 0.4) is 0 Å². The third-order valence-corrected chi connectivity index (χ3v) is 3.21. The van der Waals surface area contributed by atoms with Crippen LogP contribution in [0.5, 0.6) is 0 Å². The highest BCUT2D eigenvalue weighted by Gasteiger charge is 1.96. The number of hydrogen-bond donors (Lipinski definition) is 2. The van der Waals surface area contributed by atoms with E-state index in [4.69, 9.17) is 5.11 Å². The van der Waals surface area contributed by atoms with Gasteiger partial charge in [0, 0.05) is 11.4 Å². The topological polar surface area (TPSA) is 32.3 Å². The van der Waals surface area contributed by atoms with Gasteiger partial charge in [0.2, 0.25) is 0 Å². The SMILES string of the molecule is CSc1ccc(CNCCCC(C)O)cc1. The molecule has 0 saturated carbocycles. The van der Waals surface area contributed by atoms with Crippen molar-refractivity contribution in [3.05, 3.63) is 29.8 Å². The Morgan fingerprint density at radius 3 is 2.56 bits per heavy atom. The molecule has 1 aromatic carbocycles. The summed E-state index contributed by atoms with van der Waals surface area (Å²) in [6.07, 6.45) is 3.81. The fourth-order valence-corrected chi connectivity index (χ4v) is 1.91. The first-order chi connectivity index (χ1) is 7.72. The summed E-state index contributed by atoms with van der Waals surface area (Å²) in [5.74, 6) is 0. The van der Waals surface area contributed by atoms with Crippen LogP contribution in [0, 0.1) is 0 Å². The van der Waals surface area contributed by atoms with E-state index in [1.165, 1.54) is 10.5 Å². The van der Waals surface area contributed by atoms with Gasteiger partial charge in [-0.1, -0.05) is 12.1 Å². The Balaban J connectivity index is 2.16. The van der Waals surface area contributed by atoms with Crippen LogP contribution in [0.25, 0.3) is 0 Å². The van der Waals surface area contributed by atoms with Gasteiger partial charge in [-0.25, -0.2) is 0 Å². The van der Waals surface area contributed by atoms with Gasteiger partial charge in [0.05, 0.1) is 6.10 Å². The van der Waals surface area contributed by atoms with E-state index < -0.39 is 0 Å². The minimum atomic E-state index is -0.178. The van der Waals surface area contributed by atoms with Crippen LogP contribution < -0.4 is 5.32 Å². The monoisotopic (exact) mass is 239 g/mol. The van der Waals surface area contributed by atoms with Gasteiger partial charge in [-0.2, -0.15) is 0 Å².